The predicted octanol–water partition coefficient (Wildman–Crippen LogP) is 1.33. The Kier molecular flexibility index (Phi) is 1.35. The van der Waals surface area contributed by atoms with Gasteiger partial charge in [-0.15, -0.1) is 0 Å². The molecule has 0 spiro atoms. The fraction of sp³-hybridized carbons (Fsp3) is 0. The van der Waals surface area contributed by atoms with Crippen molar-refractivity contribution in [1.82, 2.24) is 4.98 Å². The topological polar surface area (TPSA) is 55.9 Å². The lowest BCUT2D eigenvalue weighted by molar-refractivity contribution is -0.343. The van der Waals surface area contributed by atoms with Crippen LogP contribution in [0.25, 0.3) is 10.9 Å². The number of nitrogen functional groups attached to an aromatic ring is 1. The monoisotopic (exact) mass is 212 g/mol. The zero-order valence-electron chi connectivity index (χ0n) is 5.69. The summed E-state index contributed by atoms with van der Waals surface area (Å²) in [4.78, 5) is 6.09. The first-order chi connectivity index (χ1) is 5.27. The molecule has 4 heteroatoms. The minimum absolute atomic E-state index is 0.734. The summed E-state index contributed by atoms with van der Waals surface area (Å²) in [5.41, 5.74) is 7.37. The smallest absolute Gasteiger partial charge is 0.229 e. The summed E-state index contributed by atoms with van der Waals surface area (Å²) in [7, 11) is 0. The molecule has 11 heavy (non-hydrogen) atoms. The first-order valence-electron chi connectivity index (χ1n) is 3.21. The van der Waals surface area contributed by atoms with Gasteiger partial charge in [-0.3, -0.25) is 0 Å². The van der Waals surface area contributed by atoms with Gasteiger partial charge < -0.3 is 10.7 Å². The minimum Gasteiger partial charge on any atom is -0.394 e. The van der Waals surface area contributed by atoms with Gasteiger partial charge in [0.05, 0.1) is 21.9 Å². The van der Waals surface area contributed by atoms with E-state index in [4.69, 9.17) is 5.73 Å². The van der Waals surface area contributed by atoms with E-state index in [0.29, 0.717) is 0 Å². The van der Waals surface area contributed by atoms with Crippen LogP contribution < -0.4 is 10.7 Å². The number of aromatic nitrogens is 2. The maximum absolute atomic E-state index is 5.59. The van der Waals surface area contributed by atoms with Crippen LogP contribution in [-0.2, 0) is 0 Å². The summed E-state index contributed by atoms with van der Waals surface area (Å²) >= 11 is 3.37. The summed E-state index contributed by atoms with van der Waals surface area (Å²) in [6.45, 7) is 0. The molecule has 2 rings (SSSR count). The molecular weight excluding hydrogens is 206 g/mol. The summed E-state index contributed by atoms with van der Waals surface area (Å²) in [5, 5.41) is 1.07. The number of halogens is 1. The average Bonchev–Trinajstić information content (AvgIpc) is 2.33. The van der Waals surface area contributed by atoms with Crippen LogP contribution in [0.2, 0.25) is 0 Å². The first kappa shape index (κ1) is 6.67. The van der Waals surface area contributed by atoms with Crippen molar-refractivity contribution in [2.45, 2.75) is 0 Å². The van der Waals surface area contributed by atoms with Gasteiger partial charge in [0.15, 0.2) is 6.20 Å². The number of nitrogens with one attached hydrogen (secondary N) is 2. The zero-order chi connectivity index (χ0) is 7.84. The number of anilines is 1. The third-order valence-electron chi connectivity index (χ3n) is 1.58. The number of H-pyrrole nitrogens is 2. The maximum Gasteiger partial charge on any atom is 0.229 e. The molecule has 0 bridgehead atoms. The van der Waals surface area contributed by atoms with Crippen molar-refractivity contribution in [2.24, 2.45) is 0 Å². The second kappa shape index (κ2) is 2.23. The summed E-state index contributed by atoms with van der Waals surface area (Å²) < 4.78 is 0.955. The SMILES string of the molecule is Nc1c[nH+]c2c[nH]c(Br)c2c1. The second-order valence-electron chi connectivity index (χ2n) is 2.36. The maximum atomic E-state index is 5.59. The van der Waals surface area contributed by atoms with Gasteiger partial charge >= 0.3 is 0 Å². The highest BCUT2D eigenvalue weighted by molar-refractivity contribution is 9.10. The van der Waals surface area contributed by atoms with E-state index in [-0.39, 0.29) is 0 Å². The molecule has 4 N–H and O–H groups in total. The molecule has 2 aromatic heterocycles. The molecular formula is C7H7BrN3+. The Morgan fingerprint density at radius 2 is 2.36 bits per heavy atom. The van der Waals surface area contributed by atoms with Crippen molar-refractivity contribution >= 4 is 32.5 Å². The number of aromatic amines is 2. The molecule has 0 aromatic carbocycles. The van der Waals surface area contributed by atoms with E-state index in [1.54, 1.807) is 6.20 Å². The van der Waals surface area contributed by atoms with Crippen molar-refractivity contribution in [3.63, 3.8) is 0 Å². The van der Waals surface area contributed by atoms with Crippen molar-refractivity contribution in [1.29, 1.82) is 0 Å². The molecule has 0 amide bonds. The molecule has 0 atom stereocenters. The van der Waals surface area contributed by atoms with E-state index < -0.39 is 0 Å². The van der Waals surface area contributed by atoms with E-state index in [2.05, 4.69) is 25.9 Å². The fourth-order valence-corrected chi connectivity index (χ4v) is 1.48. The number of hydrogen-bond donors (Lipinski definition) is 2. The molecule has 0 aliphatic heterocycles. The predicted molar refractivity (Wildman–Crippen MR) is 47.0 cm³/mol. The van der Waals surface area contributed by atoms with Gasteiger partial charge in [0.2, 0.25) is 5.52 Å². The van der Waals surface area contributed by atoms with Crippen LogP contribution in [0.15, 0.2) is 23.1 Å². The Bertz CT molecular complexity index is 393. The molecule has 0 saturated heterocycles. The Morgan fingerprint density at radius 3 is 3.18 bits per heavy atom. The molecule has 2 aromatic rings. The molecule has 0 aliphatic rings. The number of pyridine rings is 1. The molecule has 2 heterocycles. The average molecular weight is 213 g/mol. The van der Waals surface area contributed by atoms with Gasteiger partial charge in [-0.1, -0.05) is 0 Å². The zero-order valence-corrected chi connectivity index (χ0v) is 7.27. The molecule has 0 saturated carbocycles. The van der Waals surface area contributed by atoms with Gasteiger partial charge in [0, 0.05) is 0 Å². The minimum atomic E-state index is 0.734. The Hall–Kier alpha value is -1.03. The van der Waals surface area contributed by atoms with E-state index in [1.165, 1.54) is 0 Å². The summed E-state index contributed by atoms with van der Waals surface area (Å²) in [5.74, 6) is 0. The normalized spacial score (nSPS) is 10.6. The third kappa shape index (κ3) is 0.991. The highest BCUT2D eigenvalue weighted by Gasteiger charge is 2.05. The van der Waals surface area contributed by atoms with Crippen LogP contribution >= 0.6 is 15.9 Å². The Labute approximate surface area is 71.7 Å². The van der Waals surface area contributed by atoms with Crippen LogP contribution in [0.4, 0.5) is 5.69 Å². The first-order valence-corrected chi connectivity index (χ1v) is 4.00. The molecule has 0 radical (unpaired) electrons. The molecule has 3 nitrogen and oxygen atoms in total. The molecule has 0 fully saturated rings. The van der Waals surface area contributed by atoms with Gasteiger partial charge in [-0.2, -0.15) is 0 Å². The number of nitrogens with two attached hydrogens (primary N) is 1. The van der Waals surface area contributed by atoms with Crippen LogP contribution in [0.3, 0.4) is 0 Å². The molecule has 0 aliphatic carbocycles. The van der Waals surface area contributed by atoms with Crippen LogP contribution in [-0.4, -0.2) is 4.98 Å². The Balaban J connectivity index is 2.87. The number of rotatable bonds is 0. The number of fused-ring (bicyclic) bond motifs is 1. The lowest BCUT2D eigenvalue weighted by Gasteiger charge is -1.86. The number of hydrogen-bond acceptors (Lipinski definition) is 1. The van der Waals surface area contributed by atoms with Crippen molar-refractivity contribution in [3.8, 4) is 0 Å². The Morgan fingerprint density at radius 1 is 1.55 bits per heavy atom. The van der Waals surface area contributed by atoms with Crippen LogP contribution in [0.5, 0.6) is 0 Å². The van der Waals surface area contributed by atoms with Gasteiger partial charge in [-0.05, 0) is 22.0 Å². The van der Waals surface area contributed by atoms with E-state index in [0.717, 1.165) is 21.2 Å². The van der Waals surface area contributed by atoms with Gasteiger partial charge in [-0.25, -0.2) is 4.98 Å². The highest BCUT2D eigenvalue weighted by Crippen LogP contribution is 2.20. The third-order valence-corrected chi connectivity index (χ3v) is 2.23. The van der Waals surface area contributed by atoms with Crippen molar-refractivity contribution < 1.29 is 4.98 Å². The van der Waals surface area contributed by atoms with Gasteiger partial charge in [0.1, 0.15) is 0 Å². The second-order valence-corrected chi connectivity index (χ2v) is 3.16. The van der Waals surface area contributed by atoms with Crippen molar-refractivity contribution in [2.75, 3.05) is 5.73 Å². The fourth-order valence-electron chi connectivity index (χ4n) is 1.04. The van der Waals surface area contributed by atoms with Crippen LogP contribution in [0, 0.1) is 0 Å². The molecule has 56 valence electrons. The summed E-state index contributed by atoms with van der Waals surface area (Å²) in [6, 6.07) is 1.91. The lowest BCUT2D eigenvalue weighted by Crippen LogP contribution is -2.02. The quantitative estimate of drug-likeness (QED) is 0.681. The van der Waals surface area contributed by atoms with E-state index >= 15 is 0 Å². The van der Waals surface area contributed by atoms with Crippen molar-refractivity contribution in [3.05, 3.63) is 23.1 Å². The lowest BCUT2D eigenvalue weighted by atomic mass is 10.3. The summed E-state index contributed by atoms with van der Waals surface area (Å²) in [6.07, 6.45) is 3.65. The van der Waals surface area contributed by atoms with E-state index in [9.17, 15) is 0 Å². The standard InChI is InChI=1S/C7H6BrN3/c8-7-5-1-4(9)2-10-6(5)3-11-7/h1-3,11H,9H2/p+1. The highest BCUT2D eigenvalue weighted by atomic mass is 79.9. The van der Waals surface area contributed by atoms with E-state index in [1.807, 2.05) is 12.3 Å². The molecule has 0 unspecified atom stereocenters. The van der Waals surface area contributed by atoms with Gasteiger partial charge in [0.25, 0.3) is 0 Å². The largest absolute Gasteiger partial charge is 0.394 e. The van der Waals surface area contributed by atoms with Crippen LogP contribution in [0.1, 0.15) is 0 Å².